The lowest BCUT2D eigenvalue weighted by atomic mass is 9.98. The Morgan fingerprint density at radius 2 is 2.53 bits per heavy atom. The topological polar surface area (TPSA) is 74.2 Å². The molecule has 1 atom stereocenters. The zero-order valence-electron chi connectivity index (χ0n) is 10.2. The van der Waals surface area contributed by atoms with Gasteiger partial charge in [-0.2, -0.15) is 0 Å². The molecule has 5 heteroatoms. The summed E-state index contributed by atoms with van der Waals surface area (Å²) >= 11 is 0. The summed E-state index contributed by atoms with van der Waals surface area (Å²) in [5.74, 6) is 0.486. The van der Waals surface area contributed by atoms with Gasteiger partial charge < -0.3 is 20.9 Å². The summed E-state index contributed by atoms with van der Waals surface area (Å²) in [6.45, 7) is 2.97. The van der Waals surface area contributed by atoms with Crippen molar-refractivity contribution in [1.82, 2.24) is 15.2 Å². The van der Waals surface area contributed by atoms with Gasteiger partial charge >= 0.3 is 0 Å². The maximum absolute atomic E-state index is 11.8. The van der Waals surface area contributed by atoms with E-state index in [1.54, 1.807) is 12.3 Å². The highest BCUT2D eigenvalue weighted by Crippen LogP contribution is 2.14. The van der Waals surface area contributed by atoms with Crippen molar-refractivity contribution in [2.75, 3.05) is 32.4 Å². The Bertz CT molecular complexity index is 388. The Labute approximate surface area is 101 Å². The van der Waals surface area contributed by atoms with Crippen LogP contribution in [0.4, 0.5) is 5.69 Å². The molecule has 0 radical (unpaired) electrons. The first-order chi connectivity index (χ1) is 8.15. The molecule has 2 heterocycles. The van der Waals surface area contributed by atoms with Crippen LogP contribution in [0.1, 0.15) is 23.3 Å². The molecule has 1 saturated heterocycles. The second-order valence-corrected chi connectivity index (χ2v) is 4.83. The van der Waals surface area contributed by atoms with Gasteiger partial charge in [0.25, 0.3) is 5.91 Å². The second kappa shape index (κ2) is 5.23. The lowest BCUT2D eigenvalue weighted by Gasteiger charge is -2.29. The second-order valence-electron chi connectivity index (χ2n) is 4.83. The van der Waals surface area contributed by atoms with E-state index in [0.29, 0.717) is 17.3 Å². The third kappa shape index (κ3) is 3.23. The molecule has 0 bridgehead atoms. The minimum atomic E-state index is -0.0741. The monoisotopic (exact) mass is 236 g/mol. The fraction of sp³-hybridized carbons (Fsp3) is 0.583. The Kier molecular flexibility index (Phi) is 3.68. The number of carbonyl (C=O) groups is 1. The van der Waals surface area contributed by atoms with Gasteiger partial charge in [0.15, 0.2) is 0 Å². The van der Waals surface area contributed by atoms with Crippen LogP contribution in [0, 0.1) is 5.92 Å². The summed E-state index contributed by atoms with van der Waals surface area (Å²) in [6, 6.07) is 1.66. The number of rotatable bonds is 3. The van der Waals surface area contributed by atoms with Crippen LogP contribution in [0.5, 0.6) is 0 Å². The average Bonchev–Trinajstić information content (AvgIpc) is 2.73. The van der Waals surface area contributed by atoms with Crippen LogP contribution in [0.3, 0.4) is 0 Å². The zero-order chi connectivity index (χ0) is 12.3. The smallest absolute Gasteiger partial charge is 0.267 e. The predicted octanol–water partition coefficient (Wildman–Crippen LogP) is 0.669. The highest BCUT2D eigenvalue weighted by Gasteiger charge is 2.18. The fourth-order valence-corrected chi connectivity index (χ4v) is 2.31. The maximum atomic E-state index is 11.8. The van der Waals surface area contributed by atoms with Crippen molar-refractivity contribution in [1.29, 1.82) is 0 Å². The first-order valence-electron chi connectivity index (χ1n) is 6.06. The molecule has 1 fully saturated rings. The van der Waals surface area contributed by atoms with Crippen LogP contribution < -0.4 is 11.1 Å². The van der Waals surface area contributed by atoms with Gasteiger partial charge in [-0.1, -0.05) is 0 Å². The number of nitrogen functional groups attached to an aromatic ring is 1. The SMILES string of the molecule is CN1CCCC(CNC(=O)c2cc(N)c[nH]2)C1. The molecule has 4 N–H and O–H groups in total. The van der Waals surface area contributed by atoms with E-state index >= 15 is 0 Å². The molecule has 5 nitrogen and oxygen atoms in total. The van der Waals surface area contributed by atoms with Crippen LogP contribution in [-0.2, 0) is 0 Å². The molecule has 2 rings (SSSR count). The van der Waals surface area contributed by atoms with E-state index in [1.165, 1.54) is 12.8 Å². The zero-order valence-corrected chi connectivity index (χ0v) is 10.2. The van der Waals surface area contributed by atoms with E-state index in [9.17, 15) is 4.79 Å². The minimum absolute atomic E-state index is 0.0741. The Morgan fingerprint density at radius 1 is 1.71 bits per heavy atom. The summed E-state index contributed by atoms with van der Waals surface area (Å²) in [6.07, 6.45) is 4.03. The van der Waals surface area contributed by atoms with E-state index in [4.69, 9.17) is 5.73 Å². The van der Waals surface area contributed by atoms with E-state index < -0.39 is 0 Å². The molecule has 17 heavy (non-hydrogen) atoms. The van der Waals surface area contributed by atoms with Crippen molar-refractivity contribution in [3.63, 3.8) is 0 Å². The number of nitrogens with zero attached hydrogens (tertiary/aromatic N) is 1. The van der Waals surface area contributed by atoms with Crippen LogP contribution in [0.25, 0.3) is 0 Å². The molecule has 1 aliphatic heterocycles. The van der Waals surface area contributed by atoms with Crippen LogP contribution in [-0.4, -0.2) is 42.5 Å². The molecule has 1 amide bonds. The van der Waals surface area contributed by atoms with Gasteiger partial charge in [0, 0.05) is 25.0 Å². The van der Waals surface area contributed by atoms with E-state index in [2.05, 4.69) is 22.2 Å². The van der Waals surface area contributed by atoms with Crippen molar-refractivity contribution in [3.05, 3.63) is 18.0 Å². The van der Waals surface area contributed by atoms with Gasteiger partial charge in [0.1, 0.15) is 5.69 Å². The largest absolute Gasteiger partial charge is 0.397 e. The van der Waals surface area contributed by atoms with Gasteiger partial charge in [-0.25, -0.2) is 0 Å². The molecular formula is C12H20N4O. The van der Waals surface area contributed by atoms with Crippen molar-refractivity contribution in [3.8, 4) is 0 Å². The number of hydrogen-bond donors (Lipinski definition) is 3. The number of H-pyrrole nitrogens is 1. The predicted molar refractivity (Wildman–Crippen MR) is 67.8 cm³/mol. The molecule has 0 aliphatic carbocycles. The van der Waals surface area contributed by atoms with Gasteiger partial charge in [0.05, 0.1) is 0 Å². The number of aromatic amines is 1. The third-order valence-electron chi connectivity index (χ3n) is 3.22. The number of likely N-dealkylation sites (tertiary alicyclic amines) is 1. The van der Waals surface area contributed by atoms with Gasteiger partial charge in [-0.05, 0) is 38.4 Å². The van der Waals surface area contributed by atoms with Crippen molar-refractivity contribution >= 4 is 11.6 Å². The average molecular weight is 236 g/mol. The van der Waals surface area contributed by atoms with E-state index in [-0.39, 0.29) is 5.91 Å². The summed E-state index contributed by atoms with van der Waals surface area (Å²) in [7, 11) is 2.12. The van der Waals surface area contributed by atoms with Crippen molar-refractivity contribution in [2.24, 2.45) is 5.92 Å². The molecule has 1 aromatic heterocycles. The normalized spacial score (nSPS) is 21.4. The van der Waals surface area contributed by atoms with Gasteiger partial charge in [-0.15, -0.1) is 0 Å². The number of amides is 1. The van der Waals surface area contributed by atoms with Crippen LogP contribution >= 0.6 is 0 Å². The quantitative estimate of drug-likeness (QED) is 0.722. The maximum Gasteiger partial charge on any atom is 0.267 e. The number of anilines is 1. The molecular weight excluding hydrogens is 216 g/mol. The summed E-state index contributed by atoms with van der Waals surface area (Å²) in [5, 5.41) is 2.95. The lowest BCUT2D eigenvalue weighted by molar-refractivity contribution is 0.0932. The van der Waals surface area contributed by atoms with Gasteiger partial charge in [-0.3, -0.25) is 4.79 Å². The van der Waals surface area contributed by atoms with Crippen LogP contribution in [0.2, 0.25) is 0 Å². The molecule has 94 valence electrons. The molecule has 0 saturated carbocycles. The van der Waals surface area contributed by atoms with Crippen molar-refractivity contribution in [2.45, 2.75) is 12.8 Å². The number of aromatic nitrogens is 1. The van der Waals surface area contributed by atoms with Crippen molar-refractivity contribution < 1.29 is 4.79 Å². The van der Waals surface area contributed by atoms with E-state index in [1.807, 2.05) is 0 Å². The first-order valence-corrected chi connectivity index (χ1v) is 6.06. The Balaban J connectivity index is 1.80. The third-order valence-corrected chi connectivity index (χ3v) is 3.22. The first kappa shape index (κ1) is 12.0. The number of hydrogen-bond acceptors (Lipinski definition) is 3. The molecule has 0 spiro atoms. The minimum Gasteiger partial charge on any atom is -0.397 e. The summed E-state index contributed by atoms with van der Waals surface area (Å²) < 4.78 is 0. The highest BCUT2D eigenvalue weighted by molar-refractivity contribution is 5.93. The number of nitrogens with one attached hydrogen (secondary N) is 2. The highest BCUT2D eigenvalue weighted by atomic mass is 16.1. The number of carbonyl (C=O) groups excluding carboxylic acids is 1. The lowest BCUT2D eigenvalue weighted by Crippen LogP contribution is -2.39. The number of piperidine rings is 1. The molecule has 1 aliphatic rings. The molecule has 1 unspecified atom stereocenters. The Hall–Kier alpha value is -1.49. The standard InChI is InChI=1S/C12H20N4O/c1-16-4-2-3-9(8-16)6-15-12(17)11-5-10(13)7-14-11/h5,7,9,14H,2-4,6,8,13H2,1H3,(H,15,17). The summed E-state index contributed by atoms with van der Waals surface area (Å²) in [4.78, 5) is 16.9. The number of nitrogens with two attached hydrogens (primary N) is 1. The molecule has 0 aromatic carbocycles. The molecule has 1 aromatic rings. The van der Waals surface area contributed by atoms with E-state index in [0.717, 1.165) is 19.6 Å². The van der Waals surface area contributed by atoms with Gasteiger partial charge in [0.2, 0.25) is 0 Å². The van der Waals surface area contributed by atoms with Crippen LogP contribution in [0.15, 0.2) is 12.3 Å². The summed E-state index contributed by atoms with van der Waals surface area (Å²) in [5.41, 5.74) is 6.68. The Morgan fingerprint density at radius 3 is 3.18 bits per heavy atom. The fourth-order valence-electron chi connectivity index (χ4n) is 2.31.